The van der Waals surface area contributed by atoms with E-state index in [4.69, 9.17) is 0 Å². The lowest BCUT2D eigenvalue weighted by molar-refractivity contribution is 0.174. The SMILES string of the molecule is Cc1cccc(NC(=O)NCC(O)c2ccccc2C)c1. The highest BCUT2D eigenvalue weighted by Crippen LogP contribution is 2.16. The van der Waals surface area contributed by atoms with Crippen LogP contribution in [0.25, 0.3) is 0 Å². The number of aliphatic hydroxyl groups excluding tert-OH is 1. The number of hydrogen-bond acceptors (Lipinski definition) is 2. The summed E-state index contributed by atoms with van der Waals surface area (Å²) in [7, 11) is 0. The Bertz CT molecular complexity index is 626. The average Bonchev–Trinajstić information content (AvgIpc) is 2.45. The molecule has 0 radical (unpaired) electrons. The highest BCUT2D eigenvalue weighted by Gasteiger charge is 2.11. The Morgan fingerprint density at radius 3 is 2.62 bits per heavy atom. The summed E-state index contributed by atoms with van der Waals surface area (Å²) in [5.41, 5.74) is 3.64. The molecule has 0 saturated carbocycles. The third kappa shape index (κ3) is 4.33. The highest BCUT2D eigenvalue weighted by atomic mass is 16.3. The molecule has 21 heavy (non-hydrogen) atoms. The van der Waals surface area contributed by atoms with Crippen molar-refractivity contribution in [1.82, 2.24) is 5.32 Å². The molecule has 4 heteroatoms. The van der Waals surface area contributed by atoms with Gasteiger partial charge in [0, 0.05) is 12.2 Å². The number of aryl methyl sites for hydroxylation is 2. The summed E-state index contributed by atoms with van der Waals surface area (Å²) in [5.74, 6) is 0. The first-order valence-electron chi connectivity index (χ1n) is 6.91. The fraction of sp³-hybridized carbons (Fsp3) is 0.235. The van der Waals surface area contributed by atoms with Gasteiger partial charge in [0.15, 0.2) is 0 Å². The van der Waals surface area contributed by atoms with Crippen molar-refractivity contribution in [2.24, 2.45) is 0 Å². The largest absolute Gasteiger partial charge is 0.387 e. The van der Waals surface area contributed by atoms with E-state index in [2.05, 4.69) is 10.6 Å². The predicted molar refractivity (Wildman–Crippen MR) is 84.3 cm³/mol. The lowest BCUT2D eigenvalue weighted by atomic mass is 10.0. The van der Waals surface area contributed by atoms with Crippen molar-refractivity contribution in [3.8, 4) is 0 Å². The molecule has 0 spiro atoms. The normalized spacial score (nSPS) is 11.8. The van der Waals surface area contributed by atoms with Gasteiger partial charge in [0.25, 0.3) is 0 Å². The maximum atomic E-state index is 11.8. The fourth-order valence-electron chi connectivity index (χ4n) is 2.16. The fourth-order valence-corrected chi connectivity index (χ4v) is 2.16. The minimum absolute atomic E-state index is 0.169. The minimum Gasteiger partial charge on any atom is -0.387 e. The van der Waals surface area contributed by atoms with Crippen molar-refractivity contribution in [2.75, 3.05) is 11.9 Å². The summed E-state index contributed by atoms with van der Waals surface area (Å²) in [6, 6.07) is 14.8. The Morgan fingerprint density at radius 2 is 1.90 bits per heavy atom. The number of anilines is 1. The van der Waals surface area contributed by atoms with Crippen LogP contribution in [0.2, 0.25) is 0 Å². The van der Waals surface area contributed by atoms with E-state index in [9.17, 15) is 9.90 Å². The molecule has 2 aromatic carbocycles. The van der Waals surface area contributed by atoms with Crippen LogP contribution in [-0.2, 0) is 0 Å². The van der Waals surface area contributed by atoms with Gasteiger partial charge in [-0.25, -0.2) is 4.79 Å². The number of carbonyl (C=O) groups is 1. The zero-order valence-corrected chi connectivity index (χ0v) is 12.3. The first-order chi connectivity index (χ1) is 10.1. The third-order valence-corrected chi connectivity index (χ3v) is 3.28. The summed E-state index contributed by atoms with van der Waals surface area (Å²) < 4.78 is 0. The van der Waals surface area contributed by atoms with Gasteiger partial charge >= 0.3 is 6.03 Å². The maximum Gasteiger partial charge on any atom is 0.319 e. The van der Waals surface area contributed by atoms with Crippen LogP contribution in [0, 0.1) is 13.8 Å². The molecule has 0 aliphatic carbocycles. The molecular formula is C17H20N2O2. The van der Waals surface area contributed by atoms with Gasteiger partial charge in [-0.15, -0.1) is 0 Å². The van der Waals surface area contributed by atoms with Gasteiger partial charge in [-0.2, -0.15) is 0 Å². The number of nitrogens with one attached hydrogen (secondary N) is 2. The average molecular weight is 284 g/mol. The number of carbonyl (C=O) groups excluding carboxylic acids is 1. The second-order valence-electron chi connectivity index (χ2n) is 5.08. The smallest absolute Gasteiger partial charge is 0.319 e. The Balaban J connectivity index is 1.88. The Morgan fingerprint density at radius 1 is 1.14 bits per heavy atom. The number of benzene rings is 2. The van der Waals surface area contributed by atoms with E-state index in [1.54, 1.807) is 0 Å². The zero-order chi connectivity index (χ0) is 15.2. The van der Waals surface area contributed by atoms with Crippen molar-refractivity contribution in [3.05, 3.63) is 65.2 Å². The standard InChI is InChI=1S/C17H20N2O2/c1-12-6-5-8-14(10-12)19-17(21)18-11-16(20)15-9-4-3-7-13(15)2/h3-10,16,20H,11H2,1-2H3,(H2,18,19,21). The second kappa shape index (κ2) is 6.90. The van der Waals surface area contributed by atoms with Crippen LogP contribution in [0.5, 0.6) is 0 Å². The van der Waals surface area contributed by atoms with Crippen LogP contribution < -0.4 is 10.6 Å². The van der Waals surface area contributed by atoms with Gasteiger partial charge in [-0.05, 0) is 42.7 Å². The van der Waals surface area contributed by atoms with E-state index >= 15 is 0 Å². The van der Waals surface area contributed by atoms with Gasteiger partial charge in [-0.3, -0.25) is 0 Å². The highest BCUT2D eigenvalue weighted by molar-refractivity contribution is 5.89. The molecule has 0 fully saturated rings. The van der Waals surface area contributed by atoms with Crippen LogP contribution >= 0.6 is 0 Å². The van der Waals surface area contributed by atoms with E-state index in [1.165, 1.54) is 0 Å². The summed E-state index contributed by atoms with van der Waals surface area (Å²) in [4.78, 5) is 11.8. The Kier molecular flexibility index (Phi) is 4.95. The first kappa shape index (κ1) is 15.1. The molecule has 0 saturated heterocycles. The van der Waals surface area contributed by atoms with Gasteiger partial charge in [-0.1, -0.05) is 36.4 Å². The number of urea groups is 1. The van der Waals surface area contributed by atoms with Crippen LogP contribution in [0.15, 0.2) is 48.5 Å². The Hall–Kier alpha value is -2.33. The van der Waals surface area contributed by atoms with E-state index in [0.29, 0.717) is 0 Å². The molecule has 4 nitrogen and oxygen atoms in total. The van der Waals surface area contributed by atoms with E-state index in [0.717, 1.165) is 22.4 Å². The quantitative estimate of drug-likeness (QED) is 0.807. The molecule has 2 amide bonds. The third-order valence-electron chi connectivity index (χ3n) is 3.28. The van der Waals surface area contributed by atoms with Crippen LogP contribution in [-0.4, -0.2) is 17.7 Å². The summed E-state index contributed by atoms with van der Waals surface area (Å²) in [5, 5.41) is 15.5. The van der Waals surface area contributed by atoms with Crippen molar-refractivity contribution >= 4 is 11.7 Å². The molecule has 0 aliphatic rings. The Labute approximate surface area is 124 Å². The summed E-state index contributed by atoms with van der Waals surface area (Å²) in [6.07, 6.45) is -0.713. The molecule has 110 valence electrons. The molecule has 1 unspecified atom stereocenters. The van der Waals surface area contributed by atoms with Crippen LogP contribution in [0.3, 0.4) is 0 Å². The molecule has 0 heterocycles. The van der Waals surface area contributed by atoms with Crippen molar-refractivity contribution in [1.29, 1.82) is 0 Å². The number of aliphatic hydroxyl groups is 1. The molecule has 0 aliphatic heterocycles. The number of amides is 2. The molecule has 2 rings (SSSR count). The minimum atomic E-state index is -0.713. The molecule has 0 bridgehead atoms. The number of rotatable bonds is 4. The van der Waals surface area contributed by atoms with Crippen molar-refractivity contribution in [3.63, 3.8) is 0 Å². The van der Waals surface area contributed by atoms with Crippen LogP contribution in [0.4, 0.5) is 10.5 Å². The molecule has 2 aromatic rings. The van der Waals surface area contributed by atoms with E-state index < -0.39 is 6.10 Å². The molecule has 3 N–H and O–H groups in total. The molecule has 1 atom stereocenters. The van der Waals surface area contributed by atoms with Gasteiger partial charge < -0.3 is 15.7 Å². The maximum absolute atomic E-state index is 11.8. The molecule has 0 aromatic heterocycles. The predicted octanol–water partition coefficient (Wildman–Crippen LogP) is 3.16. The number of hydrogen-bond donors (Lipinski definition) is 3. The second-order valence-corrected chi connectivity index (χ2v) is 5.08. The van der Waals surface area contributed by atoms with Crippen molar-refractivity contribution < 1.29 is 9.90 Å². The monoisotopic (exact) mass is 284 g/mol. The topological polar surface area (TPSA) is 61.4 Å². The lowest BCUT2D eigenvalue weighted by Crippen LogP contribution is -2.32. The molecular weight excluding hydrogens is 264 g/mol. The van der Waals surface area contributed by atoms with Gasteiger partial charge in [0.05, 0.1) is 6.10 Å². The van der Waals surface area contributed by atoms with Crippen LogP contribution in [0.1, 0.15) is 22.8 Å². The van der Waals surface area contributed by atoms with Gasteiger partial charge in [0.1, 0.15) is 0 Å². The summed E-state index contributed by atoms with van der Waals surface area (Å²) in [6.45, 7) is 4.07. The summed E-state index contributed by atoms with van der Waals surface area (Å²) >= 11 is 0. The first-order valence-corrected chi connectivity index (χ1v) is 6.91. The van der Waals surface area contributed by atoms with E-state index in [-0.39, 0.29) is 12.6 Å². The zero-order valence-electron chi connectivity index (χ0n) is 12.3. The van der Waals surface area contributed by atoms with E-state index in [1.807, 2.05) is 62.4 Å². The van der Waals surface area contributed by atoms with Gasteiger partial charge in [0.2, 0.25) is 0 Å². The lowest BCUT2D eigenvalue weighted by Gasteiger charge is -2.15. The van der Waals surface area contributed by atoms with Crippen molar-refractivity contribution in [2.45, 2.75) is 20.0 Å².